The van der Waals surface area contributed by atoms with E-state index in [1.807, 2.05) is 14.0 Å². The van der Waals surface area contributed by atoms with E-state index in [9.17, 15) is 16.8 Å². The van der Waals surface area contributed by atoms with E-state index in [-0.39, 0.29) is 23.2 Å². The quantitative estimate of drug-likeness (QED) is 0.791. The van der Waals surface area contributed by atoms with Crippen LogP contribution >= 0.6 is 0 Å². The highest BCUT2D eigenvalue weighted by Crippen LogP contribution is 2.18. The fourth-order valence-corrected chi connectivity index (χ4v) is 3.58. The molecule has 0 aliphatic carbocycles. The van der Waals surface area contributed by atoms with Gasteiger partial charge in [0.1, 0.15) is 9.84 Å². The number of hydrogen-bond acceptors (Lipinski definition) is 5. The minimum atomic E-state index is -3.66. The molecule has 1 N–H and O–H groups in total. The van der Waals surface area contributed by atoms with Crippen LogP contribution in [-0.4, -0.2) is 53.8 Å². The summed E-state index contributed by atoms with van der Waals surface area (Å²) in [7, 11) is -3.65. The van der Waals surface area contributed by atoms with Crippen molar-refractivity contribution >= 4 is 19.9 Å². The molecular weight excluding hydrogens is 312 g/mol. The van der Waals surface area contributed by atoms with E-state index in [4.69, 9.17) is 0 Å². The molecule has 1 rings (SSSR count). The lowest BCUT2D eigenvalue weighted by atomic mass is 10.1. The van der Waals surface area contributed by atoms with E-state index in [0.29, 0.717) is 0 Å². The van der Waals surface area contributed by atoms with Crippen LogP contribution in [0.15, 0.2) is 29.2 Å². The van der Waals surface area contributed by atoms with Gasteiger partial charge in [-0.2, -0.15) is 4.31 Å². The van der Waals surface area contributed by atoms with Crippen molar-refractivity contribution in [2.75, 3.05) is 32.6 Å². The third-order valence-electron chi connectivity index (χ3n) is 3.30. The third kappa shape index (κ3) is 5.06. The van der Waals surface area contributed by atoms with E-state index < -0.39 is 19.9 Å². The topological polar surface area (TPSA) is 83.6 Å². The SMILES string of the molecule is CNC(C)c1ccc(S(=O)(=O)N(C)CCS(C)(=O)=O)cc1. The number of rotatable bonds is 7. The number of sulfonamides is 1. The van der Waals surface area contributed by atoms with Crippen LogP contribution in [0, 0.1) is 0 Å². The summed E-state index contributed by atoms with van der Waals surface area (Å²) >= 11 is 0. The summed E-state index contributed by atoms with van der Waals surface area (Å²) in [5.41, 5.74) is 0.982. The molecule has 0 radical (unpaired) electrons. The summed E-state index contributed by atoms with van der Waals surface area (Å²) in [6.45, 7) is 1.91. The highest BCUT2D eigenvalue weighted by atomic mass is 32.2. The molecule has 1 atom stereocenters. The molecule has 6 nitrogen and oxygen atoms in total. The second-order valence-corrected chi connectivity index (χ2v) is 9.34. The molecule has 0 saturated carbocycles. The van der Waals surface area contributed by atoms with Crippen LogP contribution in [0.3, 0.4) is 0 Å². The van der Waals surface area contributed by atoms with E-state index in [1.54, 1.807) is 12.1 Å². The zero-order valence-electron chi connectivity index (χ0n) is 12.7. The summed E-state index contributed by atoms with van der Waals surface area (Å²) in [6, 6.07) is 6.70. The Kier molecular flexibility index (Phi) is 5.92. The fourth-order valence-electron chi connectivity index (χ4n) is 1.69. The van der Waals surface area contributed by atoms with Crippen molar-refractivity contribution in [3.05, 3.63) is 29.8 Å². The molecule has 21 heavy (non-hydrogen) atoms. The van der Waals surface area contributed by atoms with Crippen LogP contribution in [0.1, 0.15) is 18.5 Å². The van der Waals surface area contributed by atoms with Gasteiger partial charge in [0.05, 0.1) is 10.6 Å². The van der Waals surface area contributed by atoms with Crippen LogP contribution in [0.5, 0.6) is 0 Å². The van der Waals surface area contributed by atoms with E-state index >= 15 is 0 Å². The van der Waals surface area contributed by atoms with Crippen molar-refractivity contribution in [3.63, 3.8) is 0 Å². The van der Waals surface area contributed by atoms with Crippen LogP contribution in [-0.2, 0) is 19.9 Å². The molecule has 0 fully saturated rings. The second kappa shape index (κ2) is 6.87. The number of nitrogens with zero attached hydrogens (tertiary/aromatic N) is 1. The van der Waals surface area contributed by atoms with Crippen molar-refractivity contribution in [1.29, 1.82) is 0 Å². The fraction of sp³-hybridized carbons (Fsp3) is 0.538. The number of nitrogens with one attached hydrogen (secondary N) is 1. The van der Waals surface area contributed by atoms with Crippen LogP contribution in [0.25, 0.3) is 0 Å². The normalized spacial score (nSPS) is 14.3. The van der Waals surface area contributed by atoms with Gasteiger partial charge < -0.3 is 5.32 Å². The van der Waals surface area contributed by atoms with Gasteiger partial charge in [-0.25, -0.2) is 16.8 Å². The lowest BCUT2D eigenvalue weighted by Gasteiger charge is -2.17. The first-order valence-electron chi connectivity index (χ1n) is 6.49. The first kappa shape index (κ1) is 18.1. The highest BCUT2D eigenvalue weighted by Gasteiger charge is 2.21. The van der Waals surface area contributed by atoms with Crippen molar-refractivity contribution in [3.8, 4) is 0 Å². The predicted octanol–water partition coefficient (Wildman–Crippen LogP) is 0.632. The molecule has 120 valence electrons. The van der Waals surface area contributed by atoms with Crippen molar-refractivity contribution < 1.29 is 16.8 Å². The van der Waals surface area contributed by atoms with Crippen molar-refractivity contribution in [1.82, 2.24) is 9.62 Å². The monoisotopic (exact) mass is 334 g/mol. The summed E-state index contributed by atoms with van der Waals surface area (Å²) in [5, 5.41) is 3.07. The molecule has 0 aromatic heterocycles. The maximum Gasteiger partial charge on any atom is 0.242 e. The number of sulfone groups is 1. The van der Waals surface area contributed by atoms with Gasteiger partial charge in [-0.1, -0.05) is 12.1 Å². The van der Waals surface area contributed by atoms with Gasteiger partial charge in [0.15, 0.2) is 0 Å². The maximum atomic E-state index is 12.3. The number of hydrogen-bond donors (Lipinski definition) is 1. The Bertz CT molecular complexity index is 667. The van der Waals surface area contributed by atoms with E-state index in [2.05, 4.69) is 5.32 Å². The van der Waals surface area contributed by atoms with Gasteiger partial charge in [0.25, 0.3) is 0 Å². The molecule has 1 aromatic rings. The molecule has 0 bridgehead atoms. The van der Waals surface area contributed by atoms with E-state index in [1.165, 1.54) is 19.2 Å². The molecule has 0 aliphatic rings. The van der Waals surface area contributed by atoms with Crippen LogP contribution in [0.2, 0.25) is 0 Å². The lowest BCUT2D eigenvalue weighted by molar-refractivity contribution is 0.484. The first-order valence-corrected chi connectivity index (χ1v) is 9.99. The Morgan fingerprint density at radius 3 is 2.10 bits per heavy atom. The lowest BCUT2D eigenvalue weighted by Crippen LogP contribution is -2.31. The minimum Gasteiger partial charge on any atom is -0.313 e. The van der Waals surface area contributed by atoms with Gasteiger partial charge in [0.2, 0.25) is 10.0 Å². The molecule has 8 heteroatoms. The standard InChI is InChI=1S/C13H22N2O4S2/c1-11(14-2)12-5-7-13(8-6-12)21(18,19)15(3)9-10-20(4,16)17/h5-8,11,14H,9-10H2,1-4H3. The molecular formula is C13H22N2O4S2. The van der Waals surface area contributed by atoms with Crippen LogP contribution in [0.4, 0.5) is 0 Å². The molecule has 0 amide bonds. The Morgan fingerprint density at radius 2 is 1.67 bits per heavy atom. The Labute approximate surface area is 127 Å². The van der Waals surface area contributed by atoms with Crippen molar-refractivity contribution in [2.24, 2.45) is 0 Å². The Morgan fingerprint density at radius 1 is 1.14 bits per heavy atom. The van der Waals surface area contributed by atoms with Gasteiger partial charge in [0, 0.05) is 25.9 Å². The predicted molar refractivity (Wildman–Crippen MR) is 83.4 cm³/mol. The van der Waals surface area contributed by atoms with Gasteiger partial charge in [-0.15, -0.1) is 0 Å². The van der Waals surface area contributed by atoms with Gasteiger partial charge in [-0.3, -0.25) is 0 Å². The smallest absolute Gasteiger partial charge is 0.242 e. The van der Waals surface area contributed by atoms with E-state index in [0.717, 1.165) is 16.1 Å². The first-order chi connectivity index (χ1) is 9.58. The number of benzene rings is 1. The van der Waals surface area contributed by atoms with Gasteiger partial charge in [-0.05, 0) is 31.7 Å². The average Bonchev–Trinajstić information content (AvgIpc) is 2.43. The molecule has 1 unspecified atom stereocenters. The third-order valence-corrected chi connectivity index (χ3v) is 6.09. The van der Waals surface area contributed by atoms with Crippen LogP contribution < -0.4 is 5.32 Å². The molecule has 0 saturated heterocycles. The summed E-state index contributed by atoms with van der Waals surface area (Å²) in [6.07, 6.45) is 1.08. The zero-order chi connectivity index (χ0) is 16.3. The summed E-state index contributed by atoms with van der Waals surface area (Å²) in [4.78, 5) is 0.158. The highest BCUT2D eigenvalue weighted by molar-refractivity contribution is 7.91. The summed E-state index contributed by atoms with van der Waals surface area (Å²) in [5.74, 6) is -0.197. The Hall–Kier alpha value is -0.960. The molecule has 0 spiro atoms. The van der Waals surface area contributed by atoms with Crippen molar-refractivity contribution in [2.45, 2.75) is 17.9 Å². The zero-order valence-corrected chi connectivity index (χ0v) is 14.3. The second-order valence-electron chi connectivity index (χ2n) is 5.04. The minimum absolute atomic E-state index is 0.0597. The summed E-state index contributed by atoms with van der Waals surface area (Å²) < 4.78 is 47.9. The Balaban J connectivity index is 2.92. The van der Waals surface area contributed by atoms with Gasteiger partial charge >= 0.3 is 0 Å². The average molecular weight is 334 g/mol. The molecule has 0 heterocycles. The largest absolute Gasteiger partial charge is 0.313 e. The molecule has 1 aromatic carbocycles. The maximum absolute atomic E-state index is 12.3. The molecule has 0 aliphatic heterocycles.